The van der Waals surface area contributed by atoms with Crippen LogP contribution in [0.15, 0.2) is 0 Å². The summed E-state index contributed by atoms with van der Waals surface area (Å²) in [4.78, 5) is 2.42. The molecule has 1 fully saturated rings. The summed E-state index contributed by atoms with van der Waals surface area (Å²) in [6.07, 6.45) is 3.95. The monoisotopic (exact) mass is 187 g/mol. The van der Waals surface area contributed by atoms with Crippen molar-refractivity contribution in [2.45, 2.75) is 38.4 Å². The van der Waals surface area contributed by atoms with Gasteiger partial charge in [0, 0.05) is 0 Å². The van der Waals surface area contributed by atoms with Crippen molar-refractivity contribution >= 4 is 12.6 Å². The molecule has 0 spiro atoms. The molecule has 0 aromatic rings. The smallest absolute Gasteiger partial charge is 0.000639 e. The first-order chi connectivity index (χ1) is 5.52. The first kappa shape index (κ1) is 10.4. The van der Waals surface area contributed by atoms with Crippen LogP contribution in [0.2, 0.25) is 0 Å². The average Bonchev–Trinajstić information content (AvgIpc) is 1.94. The van der Waals surface area contributed by atoms with Crippen LogP contribution < -0.4 is 0 Å². The molecule has 0 aromatic carbocycles. The van der Waals surface area contributed by atoms with Gasteiger partial charge in [-0.15, -0.1) is 0 Å². The summed E-state index contributed by atoms with van der Waals surface area (Å²) in [5.41, 5.74) is 0.563. The van der Waals surface area contributed by atoms with Gasteiger partial charge < -0.3 is 4.90 Å². The van der Waals surface area contributed by atoms with Crippen molar-refractivity contribution in [1.29, 1.82) is 0 Å². The molecule has 1 saturated heterocycles. The van der Waals surface area contributed by atoms with Crippen molar-refractivity contribution in [3.05, 3.63) is 0 Å². The van der Waals surface area contributed by atoms with Crippen LogP contribution in [0.25, 0.3) is 0 Å². The first-order valence-corrected chi connectivity index (χ1v) is 5.40. The van der Waals surface area contributed by atoms with Crippen LogP contribution in [-0.4, -0.2) is 30.3 Å². The van der Waals surface area contributed by atoms with Crippen LogP contribution in [0.4, 0.5) is 0 Å². The summed E-state index contributed by atoms with van der Waals surface area (Å²) < 4.78 is 0. The second-order valence-electron chi connectivity index (χ2n) is 4.67. The highest BCUT2D eigenvalue weighted by Crippen LogP contribution is 2.35. The van der Waals surface area contributed by atoms with Gasteiger partial charge in [-0.2, -0.15) is 12.6 Å². The fourth-order valence-corrected chi connectivity index (χ4v) is 2.52. The Hall–Kier alpha value is 0.310. The van der Waals surface area contributed by atoms with Crippen LogP contribution in [0.5, 0.6) is 0 Å². The van der Waals surface area contributed by atoms with Gasteiger partial charge in [0.05, 0.1) is 0 Å². The molecule has 0 radical (unpaired) electrons. The molecule has 12 heavy (non-hydrogen) atoms. The fourth-order valence-electron chi connectivity index (χ4n) is 2.08. The van der Waals surface area contributed by atoms with Gasteiger partial charge in [-0.3, -0.25) is 0 Å². The minimum atomic E-state index is 0.554. The predicted octanol–water partition coefficient (Wildman–Crippen LogP) is 2.43. The Labute approximate surface area is 81.9 Å². The molecule has 1 aliphatic heterocycles. The van der Waals surface area contributed by atoms with Crippen LogP contribution in [0.3, 0.4) is 0 Å². The molecule has 2 heteroatoms. The van der Waals surface area contributed by atoms with E-state index in [1.165, 1.54) is 32.4 Å². The molecule has 1 heterocycles. The Bertz CT molecular complexity index is 137. The molecule has 1 rings (SSSR count). The van der Waals surface area contributed by atoms with E-state index >= 15 is 0 Å². The number of likely N-dealkylation sites (tertiary alicyclic amines) is 1. The van der Waals surface area contributed by atoms with Crippen molar-refractivity contribution < 1.29 is 0 Å². The van der Waals surface area contributed by atoms with Crippen molar-refractivity contribution in [3.8, 4) is 0 Å². The minimum Gasteiger partial charge on any atom is -0.306 e. The van der Waals surface area contributed by atoms with E-state index in [2.05, 4.69) is 38.4 Å². The fraction of sp³-hybridized carbons (Fsp3) is 1.00. The quantitative estimate of drug-likeness (QED) is 0.650. The lowest BCUT2D eigenvalue weighted by Gasteiger charge is -2.38. The molecule has 1 atom stereocenters. The maximum atomic E-state index is 4.47. The Balaban J connectivity index is 2.39. The van der Waals surface area contributed by atoms with E-state index in [-0.39, 0.29) is 0 Å². The average molecular weight is 187 g/mol. The standard InChI is InChI=1S/C10H21NS/c1-9(12)8-10(2)4-6-11(3)7-5-10/h9,12H,4-8H2,1-3H3. The van der Waals surface area contributed by atoms with Gasteiger partial charge in [0.1, 0.15) is 0 Å². The van der Waals surface area contributed by atoms with E-state index in [0.717, 1.165) is 0 Å². The second kappa shape index (κ2) is 4.01. The maximum Gasteiger partial charge on any atom is -0.000639 e. The normalized spacial score (nSPS) is 27.0. The zero-order valence-electron chi connectivity index (χ0n) is 8.51. The third-order valence-corrected chi connectivity index (χ3v) is 3.16. The van der Waals surface area contributed by atoms with Crippen LogP contribution in [0.1, 0.15) is 33.1 Å². The molecule has 1 nitrogen and oxygen atoms in total. The van der Waals surface area contributed by atoms with Gasteiger partial charge in [0.25, 0.3) is 0 Å². The number of hydrogen-bond donors (Lipinski definition) is 1. The molecule has 0 aromatic heterocycles. The number of hydrogen-bond acceptors (Lipinski definition) is 2. The van der Waals surface area contributed by atoms with Crippen LogP contribution in [0, 0.1) is 5.41 Å². The molecule has 72 valence electrons. The van der Waals surface area contributed by atoms with E-state index in [4.69, 9.17) is 0 Å². The second-order valence-corrected chi connectivity index (χ2v) is 5.55. The maximum absolute atomic E-state index is 4.47. The molecular weight excluding hydrogens is 166 g/mol. The summed E-state index contributed by atoms with van der Waals surface area (Å²) >= 11 is 4.47. The molecule has 0 saturated carbocycles. The van der Waals surface area contributed by atoms with E-state index in [1.54, 1.807) is 0 Å². The third-order valence-electron chi connectivity index (χ3n) is 2.98. The van der Waals surface area contributed by atoms with E-state index in [0.29, 0.717) is 10.7 Å². The zero-order valence-corrected chi connectivity index (χ0v) is 9.40. The molecule has 0 aliphatic carbocycles. The van der Waals surface area contributed by atoms with Crippen LogP contribution >= 0.6 is 12.6 Å². The summed E-state index contributed by atoms with van der Waals surface area (Å²) in [6, 6.07) is 0. The molecule has 1 unspecified atom stereocenters. The van der Waals surface area contributed by atoms with Gasteiger partial charge in [-0.05, 0) is 50.1 Å². The van der Waals surface area contributed by atoms with Gasteiger partial charge >= 0.3 is 0 Å². The van der Waals surface area contributed by atoms with Crippen molar-refractivity contribution in [2.24, 2.45) is 5.41 Å². The molecular formula is C10H21NS. The van der Waals surface area contributed by atoms with E-state index < -0.39 is 0 Å². The Morgan fingerprint density at radius 1 is 1.42 bits per heavy atom. The summed E-state index contributed by atoms with van der Waals surface area (Å²) in [6.45, 7) is 7.13. The molecule has 1 aliphatic rings. The molecule has 0 amide bonds. The van der Waals surface area contributed by atoms with Gasteiger partial charge in [-0.1, -0.05) is 13.8 Å². The zero-order chi connectivity index (χ0) is 9.19. The highest BCUT2D eigenvalue weighted by molar-refractivity contribution is 7.80. The minimum absolute atomic E-state index is 0.554. The Kier molecular flexibility index (Phi) is 3.47. The first-order valence-electron chi connectivity index (χ1n) is 4.88. The predicted molar refractivity (Wildman–Crippen MR) is 57.9 cm³/mol. The van der Waals surface area contributed by atoms with Gasteiger partial charge in [-0.25, -0.2) is 0 Å². The van der Waals surface area contributed by atoms with Crippen LogP contribution in [-0.2, 0) is 0 Å². The summed E-state index contributed by atoms with van der Waals surface area (Å²) in [7, 11) is 2.21. The van der Waals surface area contributed by atoms with Gasteiger partial charge in [0.2, 0.25) is 0 Å². The Morgan fingerprint density at radius 3 is 2.33 bits per heavy atom. The number of thiol groups is 1. The Morgan fingerprint density at radius 2 is 1.92 bits per heavy atom. The lowest BCUT2D eigenvalue weighted by atomic mass is 9.77. The highest BCUT2D eigenvalue weighted by Gasteiger charge is 2.29. The van der Waals surface area contributed by atoms with E-state index in [9.17, 15) is 0 Å². The summed E-state index contributed by atoms with van der Waals surface area (Å²) in [5, 5.41) is 0.554. The highest BCUT2D eigenvalue weighted by atomic mass is 32.1. The molecule has 0 N–H and O–H groups in total. The van der Waals surface area contributed by atoms with Crippen molar-refractivity contribution in [1.82, 2.24) is 4.90 Å². The lowest BCUT2D eigenvalue weighted by Crippen LogP contribution is -2.37. The van der Waals surface area contributed by atoms with Gasteiger partial charge in [0.15, 0.2) is 0 Å². The van der Waals surface area contributed by atoms with Crippen molar-refractivity contribution in [2.75, 3.05) is 20.1 Å². The number of nitrogens with zero attached hydrogens (tertiary/aromatic N) is 1. The lowest BCUT2D eigenvalue weighted by molar-refractivity contribution is 0.131. The summed E-state index contributed by atoms with van der Waals surface area (Å²) in [5.74, 6) is 0. The number of piperidine rings is 1. The largest absolute Gasteiger partial charge is 0.306 e. The third kappa shape index (κ3) is 2.98. The topological polar surface area (TPSA) is 3.24 Å². The SMILES string of the molecule is CC(S)CC1(C)CCN(C)CC1. The van der Waals surface area contributed by atoms with Crippen molar-refractivity contribution in [3.63, 3.8) is 0 Å². The number of rotatable bonds is 2. The van der Waals surface area contributed by atoms with E-state index in [1.807, 2.05) is 0 Å². The molecule has 0 bridgehead atoms.